The fourth-order valence-electron chi connectivity index (χ4n) is 2.13. The van der Waals surface area contributed by atoms with Crippen LogP contribution in [0.5, 0.6) is 0 Å². The maximum atomic E-state index is 6.09. The molecule has 0 spiro atoms. The minimum absolute atomic E-state index is 0.103. The smallest absolute Gasteiger partial charge is 0.137 e. The topological polar surface area (TPSA) is 47.0 Å². The van der Waals surface area contributed by atoms with Crippen LogP contribution in [0.15, 0.2) is 6.07 Å². The second-order valence-corrected chi connectivity index (χ2v) is 7.13. The highest BCUT2D eigenvalue weighted by Crippen LogP contribution is 2.48. The van der Waals surface area contributed by atoms with Crippen LogP contribution in [-0.2, 0) is 10.2 Å². The number of methoxy groups -OCH3 is 1. The fourth-order valence-corrected chi connectivity index (χ4v) is 2.32. The molecule has 0 bridgehead atoms. The molecule has 1 saturated carbocycles. The van der Waals surface area contributed by atoms with Gasteiger partial charge in [0.25, 0.3) is 0 Å². The molecule has 1 aromatic rings. The van der Waals surface area contributed by atoms with Gasteiger partial charge in [0.1, 0.15) is 16.8 Å². The van der Waals surface area contributed by atoms with Gasteiger partial charge in [-0.25, -0.2) is 9.97 Å². The molecule has 112 valence electrons. The molecule has 1 heterocycles. The number of rotatable bonds is 6. The van der Waals surface area contributed by atoms with E-state index in [1.165, 1.54) is 12.8 Å². The van der Waals surface area contributed by atoms with Crippen molar-refractivity contribution in [3.8, 4) is 0 Å². The fraction of sp³-hybridized carbons (Fsp3) is 0.733. The van der Waals surface area contributed by atoms with E-state index in [0.29, 0.717) is 10.6 Å². The van der Waals surface area contributed by atoms with E-state index in [9.17, 15) is 0 Å². The summed E-state index contributed by atoms with van der Waals surface area (Å²) in [5.41, 5.74) is 0.282. The van der Waals surface area contributed by atoms with Crippen molar-refractivity contribution in [1.82, 2.24) is 9.97 Å². The first kappa shape index (κ1) is 15.5. The number of nitrogens with zero attached hydrogens (tertiary/aromatic N) is 2. The Morgan fingerprint density at radius 3 is 2.60 bits per heavy atom. The lowest BCUT2D eigenvalue weighted by molar-refractivity contribution is 0.175. The molecule has 0 radical (unpaired) electrons. The molecule has 0 atom stereocenters. The van der Waals surface area contributed by atoms with Crippen LogP contribution in [-0.4, -0.2) is 30.2 Å². The summed E-state index contributed by atoms with van der Waals surface area (Å²) >= 11 is 6.09. The van der Waals surface area contributed by atoms with Crippen molar-refractivity contribution in [2.75, 3.05) is 25.6 Å². The Morgan fingerprint density at radius 2 is 2.05 bits per heavy atom. The molecule has 1 N–H and O–H groups in total. The molecule has 20 heavy (non-hydrogen) atoms. The second-order valence-electron chi connectivity index (χ2n) is 6.75. The highest BCUT2D eigenvalue weighted by Gasteiger charge is 2.41. The Balaban J connectivity index is 2.01. The third kappa shape index (κ3) is 4.06. The molecule has 1 fully saturated rings. The van der Waals surface area contributed by atoms with Crippen molar-refractivity contribution in [2.45, 2.75) is 45.4 Å². The maximum absolute atomic E-state index is 6.09. The molecule has 1 aliphatic carbocycles. The maximum Gasteiger partial charge on any atom is 0.137 e. The first-order chi connectivity index (χ1) is 9.35. The van der Waals surface area contributed by atoms with E-state index in [0.717, 1.165) is 31.2 Å². The van der Waals surface area contributed by atoms with Crippen molar-refractivity contribution >= 4 is 17.4 Å². The van der Waals surface area contributed by atoms with Crippen molar-refractivity contribution < 1.29 is 4.74 Å². The summed E-state index contributed by atoms with van der Waals surface area (Å²) in [5, 5.41) is 3.91. The molecule has 0 amide bonds. The molecule has 4 nitrogen and oxygen atoms in total. The predicted molar refractivity (Wildman–Crippen MR) is 82.4 cm³/mol. The Hall–Kier alpha value is -0.870. The van der Waals surface area contributed by atoms with Crippen LogP contribution in [0.4, 0.5) is 5.82 Å². The highest BCUT2D eigenvalue weighted by molar-refractivity contribution is 6.29. The molecule has 0 aliphatic heterocycles. The van der Waals surface area contributed by atoms with Crippen LogP contribution < -0.4 is 5.32 Å². The SMILES string of the molecule is COCCC1(CNc2cc(Cl)nc(C(C)(C)C)n2)CC1. The molecule has 1 aromatic heterocycles. The van der Waals surface area contributed by atoms with E-state index in [4.69, 9.17) is 16.3 Å². The van der Waals surface area contributed by atoms with Gasteiger partial charge in [-0.1, -0.05) is 32.4 Å². The lowest BCUT2D eigenvalue weighted by atomic mass is 9.96. The van der Waals surface area contributed by atoms with Gasteiger partial charge in [0, 0.05) is 31.7 Å². The summed E-state index contributed by atoms with van der Waals surface area (Å²) in [6.07, 6.45) is 3.62. The summed E-state index contributed by atoms with van der Waals surface area (Å²) in [5.74, 6) is 1.59. The lowest BCUT2D eigenvalue weighted by Gasteiger charge is -2.19. The number of halogens is 1. The molecule has 0 saturated heterocycles. The average Bonchev–Trinajstić information content (AvgIpc) is 3.13. The zero-order valence-electron chi connectivity index (χ0n) is 12.8. The van der Waals surface area contributed by atoms with Crippen LogP contribution in [0.2, 0.25) is 5.15 Å². The number of hydrogen-bond acceptors (Lipinski definition) is 4. The van der Waals surface area contributed by atoms with Crippen LogP contribution in [0.1, 0.15) is 45.9 Å². The largest absolute Gasteiger partial charge is 0.385 e. The Kier molecular flexibility index (Phi) is 4.55. The van der Waals surface area contributed by atoms with E-state index in [-0.39, 0.29) is 5.41 Å². The van der Waals surface area contributed by atoms with Gasteiger partial charge in [-0.15, -0.1) is 0 Å². The number of aromatic nitrogens is 2. The molecule has 0 aromatic carbocycles. The van der Waals surface area contributed by atoms with Gasteiger partial charge in [-0.2, -0.15) is 0 Å². The zero-order chi connectivity index (χ0) is 14.8. The highest BCUT2D eigenvalue weighted by atomic mass is 35.5. The standard InChI is InChI=1S/C15H24ClN3O/c1-14(2,3)13-18-11(16)9-12(19-13)17-10-15(5-6-15)7-8-20-4/h9H,5-8,10H2,1-4H3,(H,17,18,19). The molecular formula is C15H24ClN3O. The number of ether oxygens (including phenoxy) is 1. The lowest BCUT2D eigenvalue weighted by Crippen LogP contribution is -2.20. The molecule has 0 unspecified atom stereocenters. The van der Waals surface area contributed by atoms with Crippen molar-refractivity contribution in [2.24, 2.45) is 5.41 Å². The Labute approximate surface area is 126 Å². The summed E-state index contributed by atoms with van der Waals surface area (Å²) in [7, 11) is 1.75. The van der Waals surface area contributed by atoms with Crippen molar-refractivity contribution in [3.05, 3.63) is 17.0 Å². The van der Waals surface area contributed by atoms with Crippen LogP contribution in [0.25, 0.3) is 0 Å². The number of nitrogens with one attached hydrogen (secondary N) is 1. The normalized spacial score (nSPS) is 17.1. The van der Waals surface area contributed by atoms with Gasteiger partial charge in [-0.05, 0) is 24.7 Å². The average molecular weight is 298 g/mol. The first-order valence-electron chi connectivity index (χ1n) is 7.13. The third-order valence-electron chi connectivity index (χ3n) is 3.80. The summed E-state index contributed by atoms with van der Waals surface area (Å²) in [6, 6.07) is 1.79. The Morgan fingerprint density at radius 1 is 1.35 bits per heavy atom. The van der Waals surface area contributed by atoms with Crippen LogP contribution >= 0.6 is 11.6 Å². The van der Waals surface area contributed by atoms with Crippen molar-refractivity contribution in [3.63, 3.8) is 0 Å². The zero-order valence-corrected chi connectivity index (χ0v) is 13.5. The van der Waals surface area contributed by atoms with Crippen molar-refractivity contribution in [1.29, 1.82) is 0 Å². The second kappa shape index (κ2) is 5.86. The predicted octanol–water partition coefficient (Wildman–Crippen LogP) is 3.66. The monoisotopic (exact) mass is 297 g/mol. The molecule has 1 aliphatic rings. The number of anilines is 1. The summed E-state index contributed by atoms with van der Waals surface area (Å²) in [4.78, 5) is 8.89. The number of hydrogen-bond donors (Lipinski definition) is 1. The van der Waals surface area contributed by atoms with Crippen LogP contribution in [0, 0.1) is 5.41 Å². The van der Waals surface area contributed by atoms with Gasteiger partial charge in [0.2, 0.25) is 0 Å². The Bertz CT molecular complexity index is 467. The van der Waals surface area contributed by atoms with E-state index in [2.05, 4.69) is 36.1 Å². The van der Waals surface area contributed by atoms with Gasteiger partial charge in [0.05, 0.1) is 0 Å². The van der Waals surface area contributed by atoms with Crippen LogP contribution in [0.3, 0.4) is 0 Å². The van der Waals surface area contributed by atoms with Gasteiger partial charge >= 0.3 is 0 Å². The van der Waals surface area contributed by atoms with E-state index in [1.807, 2.05) is 0 Å². The minimum Gasteiger partial charge on any atom is -0.385 e. The quantitative estimate of drug-likeness (QED) is 0.814. The molecular weight excluding hydrogens is 274 g/mol. The third-order valence-corrected chi connectivity index (χ3v) is 4.00. The van der Waals surface area contributed by atoms with E-state index in [1.54, 1.807) is 13.2 Å². The van der Waals surface area contributed by atoms with Gasteiger partial charge < -0.3 is 10.1 Å². The van der Waals surface area contributed by atoms with Gasteiger partial charge in [-0.3, -0.25) is 0 Å². The van der Waals surface area contributed by atoms with Gasteiger partial charge in [0.15, 0.2) is 0 Å². The van der Waals surface area contributed by atoms with E-state index >= 15 is 0 Å². The minimum atomic E-state index is -0.103. The first-order valence-corrected chi connectivity index (χ1v) is 7.50. The summed E-state index contributed by atoms with van der Waals surface area (Å²) in [6.45, 7) is 8.00. The van der Waals surface area contributed by atoms with E-state index < -0.39 is 0 Å². The molecule has 5 heteroatoms. The summed E-state index contributed by atoms with van der Waals surface area (Å²) < 4.78 is 5.18. The molecule has 2 rings (SSSR count).